The fraction of sp³-hybridized carbons (Fsp3) is 0.286. The number of rotatable bonds is 5. The first-order valence-corrected chi connectivity index (χ1v) is 7.25. The van der Waals surface area contributed by atoms with E-state index >= 15 is 0 Å². The Kier molecular flexibility index (Phi) is 5.29. The van der Waals surface area contributed by atoms with E-state index in [4.69, 9.17) is 9.47 Å². The van der Waals surface area contributed by atoms with Gasteiger partial charge >= 0.3 is 0 Å². The lowest BCUT2D eigenvalue weighted by Crippen LogP contribution is -2.21. The summed E-state index contributed by atoms with van der Waals surface area (Å²) in [4.78, 5) is 8.59. The van der Waals surface area contributed by atoms with E-state index in [0.717, 1.165) is 9.13 Å². The molecule has 0 saturated heterocycles. The summed E-state index contributed by atoms with van der Waals surface area (Å²) in [6.07, 6.45) is 1.53. The third-order valence-corrected chi connectivity index (χ3v) is 3.92. The largest absolute Gasteiger partial charge is 0.480 e. The predicted octanol–water partition coefficient (Wildman–Crippen LogP) is 2.55. The van der Waals surface area contributed by atoms with Crippen molar-refractivity contribution in [3.8, 4) is 11.8 Å². The highest BCUT2D eigenvalue weighted by molar-refractivity contribution is 14.1. The first kappa shape index (κ1) is 15.9. The van der Waals surface area contributed by atoms with Gasteiger partial charge in [0.1, 0.15) is 11.5 Å². The molecule has 21 heavy (non-hydrogen) atoms. The van der Waals surface area contributed by atoms with Gasteiger partial charge in [-0.05, 0) is 47.3 Å². The van der Waals surface area contributed by atoms with Gasteiger partial charge in [0.25, 0.3) is 0 Å². The fourth-order valence-electron chi connectivity index (χ4n) is 1.99. The summed E-state index contributed by atoms with van der Waals surface area (Å²) in [7, 11) is 4.84. The van der Waals surface area contributed by atoms with Crippen LogP contribution in [0.5, 0.6) is 11.8 Å². The molecule has 1 aromatic carbocycles. The van der Waals surface area contributed by atoms with Crippen LogP contribution in [0.3, 0.4) is 0 Å². The van der Waals surface area contributed by atoms with Gasteiger partial charge in [-0.2, -0.15) is 4.98 Å². The van der Waals surface area contributed by atoms with E-state index in [2.05, 4.69) is 37.9 Å². The molecule has 5 nitrogen and oxygen atoms in total. The highest BCUT2D eigenvalue weighted by Crippen LogP contribution is 2.30. The Morgan fingerprint density at radius 3 is 2.62 bits per heavy atom. The minimum atomic E-state index is -0.272. The minimum absolute atomic E-state index is 0.258. The van der Waals surface area contributed by atoms with Gasteiger partial charge in [0.15, 0.2) is 0 Å². The Morgan fingerprint density at radius 1 is 1.29 bits per heavy atom. The summed E-state index contributed by atoms with van der Waals surface area (Å²) in [5.74, 6) is 0.471. The molecule has 0 bridgehead atoms. The zero-order valence-corrected chi connectivity index (χ0v) is 14.0. The maximum atomic E-state index is 13.3. The number of hydrogen-bond donors (Lipinski definition) is 1. The van der Waals surface area contributed by atoms with E-state index in [1.54, 1.807) is 13.1 Å². The summed E-state index contributed by atoms with van der Waals surface area (Å²) in [6.45, 7) is 0. The average Bonchev–Trinajstić information content (AvgIpc) is 2.50. The van der Waals surface area contributed by atoms with Crippen molar-refractivity contribution in [3.63, 3.8) is 0 Å². The first-order valence-electron chi connectivity index (χ1n) is 6.17. The summed E-state index contributed by atoms with van der Waals surface area (Å²) >= 11 is 2.10. The molecule has 0 radical (unpaired) electrons. The molecule has 0 aliphatic heterocycles. The molecule has 0 fully saturated rings. The Hall–Kier alpha value is -1.48. The van der Waals surface area contributed by atoms with Crippen LogP contribution in [0.1, 0.15) is 17.3 Å². The number of methoxy groups -OCH3 is 2. The summed E-state index contributed by atoms with van der Waals surface area (Å²) in [5, 5.41) is 3.16. The summed E-state index contributed by atoms with van der Waals surface area (Å²) in [5.41, 5.74) is 1.52. The fourth-order valence-corrected chi connectivity index (χ4v) is 2.78. The second-order valence-electron chi connectivity index (χ2n) is 4.19. The number of nitrogens with zero attached hydrogens (tertiary/aromatic N) is 2. The van der Waals surface area contributed by atoms with E-state index in [-0.39, 0.29) is 11.9 Å². The highest BCUT2D eigenvalue weighted by Gasteiger charge is 2.22. The monoisotopic (exact) mass is 403 g/mol. The molecule has 0 saturated carbocycles. The zero-order valence-electron chi connectivity index (χ0n) is 11.9. The normalized spacial score (nSPS) is 12.0. The second kappa shape index (κ2) is 6.99. The Labute approximate surface area is 136 Å². The second-order valence-corrected chi connectivity index (χ2v) is 5.36. The van der Waals surface area contributed by atoms with Gasteiger partial charge in [0.2, 0.25) is 11.8 Å². The maximum Gasteiger partial charge on any atom is 0.240 e. The molecule has 0 aliphatic rings. The standard InChI is InChI=1S/C14H15FIN3O2/c1-17-12(9-5-4-8(15)6-10(9)16)13-14(21-3)19-11(20-2)7-18-13/h4-7,12,17H,1-3H3. The molecular weight excluding hydrogens is 388 g/mol. The van der Waals surface area contributed by atoms with Gasteiger partial charge in [-0.25, -0.2) is 9.37 Å². The summed E-state index contributed by atoms with van der Waals surface area (Å²) < 4.78 is 24.4. The average molecular weight is 403 g/mol. The van der Waals surface area contributed by atoms with Gasteiger partial charge in [0.05, 0.1) is 26.5 Å². The number of hydrogen-bond acceptors (Lipinski definition) is 5. The van der Waals surface area contributed by atoms with E-state index in [9.17, 15) is 4.39 Å². The molecule has 2 rings (SSSR count). The molecule has 1 unspecified atom stereocenters. The lowest BCUT2D eigenvalue weighted by Gasteiger charge is -2.19. The van der Waals surface area contributed by atoms with E-state index in [0.29, 0.717) is 17.5 Å². The Morgan fingerprint density at radius 2 is 2.05 bits per heavy atom. The quantitative estimate of drug-likeness (QED) is 0.778. The van der Waals surface area contributed by atoms with Crippen molar-refractivity contribution in [1.82, 2.24) is 15.3 Å². The van der Waals surface area contributed by atoms with Crippen molar-refractivity contribution in [2.24, 2.45) is 0 Å². The van der Waals surface area contributed by atoms with Crippen LogP contribution in [0.2, 0.25) is 0 Å². The highest BCUT2D eigenvalue weighted by atomic mass is 127. The molecule has 0 aliphatic carbocycles. The van der Waals surface area contributed by atoms with Crippen molar-refractivity contribution in [1.29, 1.82) is 0 Å². The SMILES string of the molecule is CNC(c1ccc(F)cc1I)c1ncc(OC)nc1OC. The molecule has 1 N–H and O–H groups in total. The van der Waals surface area contributed by atoms with E-state index < -0.39 is 0 Å². The Balaban J connectivity index is 2.50. The number of nitrogens with one attached hydrogen (secondary N) is 1. The van der Waals surface area contributed by atoms with Crippen molar-refractivity contribution in [2.75, 3.05) is 21.3 Å². The summed E-state index contributed by atoms with van der Waals surface area (Å²) in [6, 6.07) is 4.37. The molecule has 1 aromatic heterocycles. The lowest BCUT2D eigenvalue weighted by atomic mass is 10.0. The van der Waals surface area contributed by atoms with Gasteiger partial charge in [-0.15, -0.1) is 0 Å². The van der Waals surface area contributed by atoms with Crippen molar-refractivity contribution < 1.29 is 13.9 Å². The van der Waals surface area contributed by atoms with Crippen molar-refractivity contribution >= 4 is 22.6 Å². The third kappa shape index (κ3) is 3.41. The van der Waals surface area contributed by atoms with Gasteiger partial charge < -0.3 is 14.8 Å². The molecule has 1 heterocycles. The minimum Gasteiger partial charge on any atom is -0.480 e. The van der Waals surface area contributed by atoms with Crippen molar-refractivity contribution in [3.05, 3.63) is 45.0 Å². The van der Waals surface area contributed by atoms with Crippen LogP contribution in [0.25, 0.3) is 0 Å². The topological polar surface area (TPSA) is 56.3 Å². The van der Waals surface area contributed by atoms with Crippen LogP contribution >= 0.6 is 22.6 Å². The smallest absolute Gasteiger partial charge is 0.240 e. The van der Waals surface area contributed by atoms with Crippen LogP contribution < -0.4 is 14.8 Å². The number of aromatic nitrogens is 2. The molecule has 0 amide bonds. The molecule has 2 aromatic rings. The number of ether oxygens (including phenoxy) is 2. The number of benzene rings is 1. The predicted molar refractivity (Wildman–Crippen MR) is 85.2 cm³/mol. The third-order valence-electron chi connectivity index (χ3n) is 2.98. The Bertz CT molecular complexity index is 640. The van der Waals surface area contributed by atoms with Gasteiger partial charge in [0, 0.05) is 3.57 Å². The van der Waals surface area contributed by atoms with Crippen LogP contribution in [0.4, 0.5) is 4.39 Å². The molecule has 1 atom stereocenters. The molecular formula is C14H15FIN3O2. The molecule has 0 spiro atoms. The van der Waals surface area contributed by atoms with E-state index in [1.165, 1.54) is 32.5 Å². The van der Waals surface area contributed by atoms with E-state index in [1.807, 2.05) is 0 Å². The van der Waals surface area contributed by atoms with Crippen molar-refractivity contribution in [2.45, 2.75) is 6.04 Å². The first-order chi connectivity index (χ1) is 10.1. The van der Waals surface area contributed by atoms with Gasteiger partial charge in [-0.1, -0.05) is 6.07 Å². The number of halogens is 2. The van der Waals surface area contributed by atoms with Crippen LogP contribution in [-0.4, -0.2) is 31.2 Å². The molecule has 112 valence electrons. The van der Waals surface area contributed by atoms with Crippen LogP contribution in [-0.2, 0) is 0 Å². The lowest BCUT2D eigenvalue weighted by molar-refractivity contribution is 0.353. The van der Waals surface area contributed by atoms with Crippen LogP contribution in [0.15, 0.2) is 24.4 Å². The zero-order chi connectivity index (χ0) is 15.4. The van der Waals surface area contributed by atoms with Crippen LogP contribution in [0, 0.1) is 9.39 Å². The maximum absolute atomic E-state index is 13.3. The van der Waals surface area contributed by atoms with Gasteiger partial charge in [-0.3, -0.25) is 0 Å². The molecule has 7 heteroatoms.